The van der Waals surface area contributed by atoms with Crippen LogP contribution in [-0.2, 0) is 4.79 Å². The Labute approximate surface area is 189 Å². The summed E-state index contributed by atoms with van der Waals surface area (Å²) in [4.78, 5) is 20.3. The summed E-state index contributed by atoms with van der Waals surface area (Å²) in [6.45, 7) is 2.08. The Morgan fingerprint density at radius 2 is 2.00 bits per heavy atom. The average Bonchev–Trinajstić information content (AvgIpc) is 2.73. The Kier molecular flexibility index (Phi) is 7.52. The van der Waals surface area contributed by atoms with Gasteiger partial charge in [0.25, 0.3) is 5.91 Å². The Hall–Kier alpha value is -3.06. The number of nitrogens with one attached hydrogen (secondary N) is 1. The molecule has 0 saturated heterocycles. The number of nitrogens with two attached hydrogens (primary N) is 2. The summed E-state index contributed by atoms with van der Waals surface area (Å²) in [7, 11) is 0. The number of amides is 1. The van der Waals surface area contributed by atoms with Crippen molar-refractivity contribution >= 4 is 33.6 Å². The number of carbonyl (C=O) groups excluding carboxylic acids is 1. The molecule has 31 heavy (non-hydrogen) atoms. The van der Waals surface area contributed by atoms with Gasteiger partial charge in [-0.2, -0.15) is 10.2 Å². The van der Waals surface area contributed by atoms with E-state index in [4.69, 9.17) is 20.9 Å². The molecule has 10 heteroatoms. The summed E-state index contributed by atoms with van der Waals surface area (Å²) in [5.74, 6) is 0.572. The third-order valence-corrected chi connectivity index (χ3v) is 5.56. The minimum absolute atomic E-state index is 0.00112. The monoisotopic (exact) mass is 488 g/mol. The smallest absolute Gasteiger partial charge is 0.258 e. The lowest BCUT2D eigenvalue weighted by Gasteiger charge is -2.23. The van der Waals surface area contributed by atoms with Gasteiger partial charge in [0.1, 0.15) is 17.5 Å². The van der Waals surface area contributed by atoms with Crippen molar-refractivity contribution in [1.82, 2.24) is 15.3 Å². The number of hydrogen-bond donors (Lipinski definition) is 3. The van der Waals surface area contributed by atoms with Gasteiger partial charge in [0, 0.05) is 11.6 Å². The zero-order valence-electron chi connectivity index (χ0n) is 17.3. The zero-order chi connectivity index (χ0) is 22.4. The van der Waals surface area contributed by atoms with E-state index in [0.29, 0.717) is 28.1 Å². The van der Waals surface area contributed by atoms with Crippen molar-refractivity contribution < 1.29 is 14.3 Å². The topological polar surface area (TPSA) is 149 Å². The molecule has 0 unspecified atom stereocenters. The van der Waals surface area contributed by atoms with Crippen molar-refractivity contribution in [3.8, 4) is 28.8 Å². The first kappa shape index (κ1) is 22.6. The molecule has 0 atom stereocenters. The number of ether oxygens (including phenoxy) is 2. The normalized spacial score (nSPS) is 14.0. The van der Waals surface area contributed by atoms with Crippen molar-refractivity contribution in [3.05, 3.63) is 22.2 Å². The van der Waals surface area contributed by atoms with E-state index in [2.05, 4.69) is 31.2 Å². The second-order valence-corrected chi connectivity index (χ2v) is 8.07. The molecule has 1 fully saturated rings. The number of hydrogen-bond acceptors (Lipinski definition) is 8. The van der Waals surface area contributed by atoms with E-state index in [0.717, 1.165) is 25.7 Å². The van der Waals surface area contributed by atoms with Gasteiger partial charge in [-0.1, -0.05) is 19.3 Å². The summed E-state index contributed by atoms with van der Waals surface area (Å²) >= 11 is 3.47. The number of nitrogen functional groups attached to an aromatic ring is 2. The highest BCUT2D eigenvalue weighted by atomic mass is 79.9. The predicted octanol–water partition coefficient (Wildman–Crippen LogP) is 3.17. The lowest BCUT2D eigenvalue weighted by molar-refractivity contribution is -0.124. The molecule has 1 amide bonds. The fourth-order valence-corrected chi connectivity index (χ4v) is 4.13. The van der Waals surface area contributed by atoms with Crippen molar-refractivity contribution in [1.29, 1.82) is 5.26 Å². The highest BCUT2D eigenvalue weighted by Gasteiger charge is 2.20. The van der Waals surface area contributed by atoms with Crippen LogP contribution in [0.1, 0.15) is 44.6 Å². The SMILES string of the molecule is CCOc1cc(-c2nc(N)nc(N)c2C#N)cc(Br)c1OCC(=O)NC1CCCCC1. The third-order valence-electron chi connectivity index (χ3n) is 4.97. The van der Waals surface area contributed by atoms with Crippen LogP contribution in [0.25, 0.3) is 11.3 Å². The van der Waals surface area contributed by atoms with Crippen molar-refractivity contribution in [2.75, 3.05) is 24.7 Å². The zero-order valence-corrected chi connectivity index (χ0v) is 18.9. The molecule has 1 aromatic heterocycles. The van der Waals surface area contributed by atoms with E-state index in [9.17, 15) is 10.1 Å². The molecule has 1 saturated carbocycles. The van der Waals surface area contributed by atoms with Crippen LogP contribution >= 0.6 is 15.9 Å². The van der Waals surface area contributed by atoms with Gasteiger partial charge in [-0.15, -0.1) is 0 Å². The number of carbonyl (C=O) groups is 1. The highest BCUT2D eigenvalue weighted by Crippen LogP contribution is 2.40. The Morgan fingerprint density at radius 1 is 1.26 bits per heavy atom. The van der Waals surface area contributed by atoms with E-state index in [1.54, 1.807) is 12.1 Å². The van der Waals surface area contributed by atoms with Crippen LogP contribution in [0.4, 0.5) is 11.8 Å². The molecule has 0 radical (unpaired) electrons. The number of nitriles is 1. The summed E-state index contributed by atoms with van der Waals surface area (Å²) in [6, 6.07) is 5.60. The molecule has 0 bridgehead atoms. The van der Waals surface area contributed by atoms with Gasteiger partial charge in [0.05, 0.1) is 16.8 Å². The molecule has 1 aliphatic rings. The second-order valence-electron chi connectivity index (χ2n) is 7.21. The first-order chi connectivity index (χ1) is 14.9. The third kappa shape index (κ3) is 5.55. The Bertz CT molecular complexity index is 1000. The minimum atomic E-state index is -0.173. The maximum absolute atomic E-state index is 12.3. The van der Waals surface area contributed by atoms with Crippen molar-refractivity contribution in [2.45, 2.75) is 45.1 Å². The highest BCUT2D eigenvalue weighted by molar-refractivity contribution is 9.10. The van der Waals surface area contributed by atoms with E-state index in [1.165, 1.54) is 6.42 Å². The quantitative estimate of drug-likeness (QED) is 0.537. The number of halogens is 1. The van der Waals surface area contributed by atoms with Crippen LogP contribution in [0.5, 0.6) is 11.5 Å². The standard InChI is InChI=1S/C21H25BrN6O3/c1-2-30-16-9-12(18-14(10-23)20(24)28-21(25)27-18)8-15(22)19(16)31-11-17(29)26-13-6-4-3-5-7-13/h8-9,13H,2-7,11H2,1H3,(H,26,29)(H4,24,25,27,28). The molecule has 1 heterocycles. The van der Waals surface area contributed by atoms with Crippen LogP contribution in [0, 0.1) is 11.3 Å². The van der Waals surface area contributed by atoms with Crippen LogP contribution in [0.3, 0.4) is 0 Å². The fraction of sp³-hybridized carbons (Fsp3) is 0.429. The van der Waals surface area contributed by atoms with Crippen LogP contribution < -0.4 is 26.3 Å². The molecule has 5 N–H and O–H groups in total. The van der Waals surface area contributed by atoms with E-state index < -0.39 is 0 Å². The first-order valence-electron chi connectivity index (χ1n) is 10.1. The average molecular weight is 489 g/mol. The summed E-state index contributed by atoms with van der Waals surface area (Å²) in [5, 5.41) is 12.5. The van der Waals surface area contributed by atoms with E-state index >= 15 is 0 Å². The maximum Gasteiger partial charge on any atom is 0.258 e. The number of nitrogens with zero attached hydrogens (tertiary/aromatic N) is 3. The molecule has 1 aliphatic carbocycles. The molecule has 9 nitrogen and oxygen atoms in total. The number of anilines is 2. The van der Waals surface area contributed by atoms with Gasteiger partial charge in [0.15, 0.2) is 18.1 Å². The van der Waals surface area contributed by atoms with Gasteiger partial charge in [-0.05, 0) is 47.8 Å². The van der Waals surface area contributed by atoms with Gasteiger partial charge >= 0.3 is 0 Å². The second kappa shape index (κ2) is 10.3. The van der Waals surface area contributed by atoms with Crippen molar-refractivity contribution in [2.24, 2.45) is 0 Å². The van der Waals surface area contributed by atoms with Crippen molar-refractivity contribution in [3.63, 3.8) is 0 Å². The van der Waals surface area contributed by atoms with Crippen LogP contribution in [0.15, 0.2) is 16.6 Å². The van der Waals surface area contributed by atoms with E-state index in [-0.39, 0.29) is 41.6 Å². The summed E-state index contributed by atoms with van der Waals surface area (Å²) in [5.41, 5.74) is 12.5. The van der Waals surface area contributed by atoms with Crippen LogP contribution in [0.2, 0.25) is 0 Å². The van der Waals surface area contributed by atoms with Gasteiger partial charge in [-0.25, -0.2) is 4.98 Å². The van der Waals surface area contributed by atoms with Gasteiger partial charge < -0.3 is 26.3 Å². The lowest BCUT2D eigenvalue weighted by Crippen LogP contribution is -2.39. The Morgan fingerprint density at radius 3 is 2.68 bits per heavy atom. The van der Waals surface area contributed by atoms with Crippen LogP contribution in [-0.4, -0.2) is 35.1 Å². The summed E-state index contributed by atoms with van der Waals surface area (Å²) in [6.07, 6.45) is 5.49. The lowest BCUT2D eigenvalue weighted by atomic mass is 9.95. The minimum Gasteiger partial charge on any atom is -0.490 e. The first-order valence-corrected chi connectivity index (χ1v) is 10.9. The van der Waals surface area contributed by atoms with Gasteiger partial charge in [-0.3, -0.25) is 4.79 Å². The number of benzene rings is 1. The van der Waals surface area contributed by atoms with Gasteiger partial charge in [0.2, 0.25) is 5.95 Å². The largest absolute Gasteiger partial charge is 0.490 e. The Balaban J connectivity index is 1.84. The molecule has 2 aromatic rings. The molecule has 0 aliphatic heterocycles. The molecule has 0 spiro atoms. The predicted molar refractivity (Wildman–Crippen MR) is 120 cm³/mol. The number of rotatable bonds is 7. The molecule has 3 rings (SSSR count). The maximum atomic E-state index is 12.3. The van der Waals surface area contributed by atoms with E-state index in [1.807, 2.05) is 13.0 Å². The molecule has 1 aromatic carbocycles. The molecular weight excluding hydrogens is 464 g/mol. The molecular formula is C21H25BrN6O3. The molecule has 164 valence electrons. The number of aromatic nitrogens is 2. The summed E-state index contributed by atoms with van der Waals surface area (Å²) < 4.78 is 12.0. The fourth-order valence-electron chi connectivity index (χ4n) is 3.58.